The Morgan fingerprint density at radius 3 is 2.46 bits per heavy atom. The first kappa shape index (κ1) is 25.6. The second-order valence-corrected chi connectivity index (χ2v) is 10.0. The van der Waals surface area contributed by atoms with E-state index in [9.17, 15) is 9.90 Å². The number of likely N-dealkylation sites (N-methyl/N-ethyl adjacent to an activating group) is 1. The standard InChI is InChI=1S/C26H41N7O2/c1-3-7-20(25(35)19-8-4-5-9-21(19)34)24(27)26-29-22(32-12-6-10-28-11-13-32)18-23(30-26)33-16-14-31(2)15-17-33/h18-19,27-28,35H,3-17H2,1-2H3/b25-20-,27-24?/t19-/m0/s1. The number of carbonyl (C=O) groups excluding carboxylic acids is 1. The Balaban J connectivity index is 1.71. The Labute approximate surface area is 209 Å². The van der Waals surface area contributed by atoms with Gasteiger partial charge in [0.15, 0.2) is 5.82 Å². The van der Waals surface area contributed by atoms with Gasteiger partial charge in [-0.05, 0) is 39.3 Å². The number of nitrogens with zero attached hydrogens (tertiary/aromatic N) is 5. The van der Waals surface area contributed by atoms with E-state index in [1.165, 1.54) is 0 Å². The van der Waals surface area contributed by atoms with Crippen LogP contribution in [0.1, 0.15) is 57.7 Å². The first-order valence-electron chi connectivity index (χ1n) is 13.3. The van der Waals surface area contributed by atoms with Crippen LogP contribution in [0.2, 0.25) is 0 Å². The number of carbonyl (C=O) groups is 1. The summed E-state index contributed by atoms with van der Waals surface area (Å²) in [6, 6.07) is 2.06. The Morgan fingerprint density at radius 2 is 1.77 bits per heavy atom. The predicted octanol–water partition coefficient (Wildman–Crippen LogP) is 2.77. The lowest BCUT2D eigenvalue weighted by atomic mass is 9.83. The van der Waals surface area contributed by atoms with Crippen LogP contribution < -0.4 is 15.1 Å². The summed E-state index contributed by atoms with van der Waals surface area (Å²) in [5.74, 6) is 1.66. The molecular weight excluding hydrogens is 442 g/mol. The second-order valence-electron chi connectivity index (χ2n) is 10.0. The summed E-state index contributed by atoms with van der Waals surface area (Å²) < 4.78 is 0. The predicted molar refractivity (Wildman–Crippen MR) is 140 cm³/mol. The van der Waals surface area contributed by atoms with Crippen molar-refractivity contribution < 1.29 is 9.90 Å². The molecule has 192 valence electrons. The molecule has 0 amide bonds. The zero-order valence-electron chi connectivity index (χ0n) is 21.4. The lowest BCUT2D eigenvalue weighted by Gasteiger charge is -2.34. The first-order chi connectivity index (χ1) is 17.0. The minimum Gasteiger partial charge on any atom is -0.511 e. The number of aliphatic hydroxyl groups excluding tert-OH is 1. The molecule has 1 aromatic rings. The van der Waals surface area contributed by atoms with Crippen LogP contribution in [0.15, 0.2) is 17.4 Å². The fourth-order valence-electron chi connectivity index (χ4n) is 5.22. The molecule has 1 atom stereocenters. The van der Waals surface area contributed by atoms with Gasteiger partial charge in [0.25, 0.3) is 0 Å². The quantitative estimate of drug-likeness (QED) is 0.401. The van der Waals surface area contributed by atoms with Gasteiger partial charge in [-0.3, -0.25) is 10.2 Å². The molecule has 4 rings (SSSR count). The van der Waals surface area contributed by atoms with E-state index in [2.05, 4.69) is 33.1 Å². The van der Waals surface area contributed by atoms with E-state index in [-0.39, 0.29) is 17.3 Å². The average Bonchev–Trinajstić information content (AvgIpc) is 3.17. The summed E-state index contributed by atoms with van der Waals surface area (Å²) >= 11 is 0. The summed E-state index contributed by atoms with van der Waals surface area (Å²) in [6.45, 7) is 9.34. The van der Waals surface area contributed by atoms with Crippen LogP contribution in [-0.4, -0.2) is 90.9 Å². The first-order valence-corrected chi connectivity index (χ1v) is 13.3. The average molecular weight is 484 g/mol. The molecule has 1 aliphatic carbocycles. The summed E-state index contributed by atoms with van der Waals surface area (Å²) in [5.41, 5.74) is 0.666. The number of hydrogen-bond donors (Lipinski definition) is 3. The summed E-state index contributed by atoms with van der Waals surface area (Å²) in [4.78, 5) is 29.1. The van der Waals surface area contributed by atoms with Crippen molar-refractivity contribution in [1.29, 1.82) is 5.41 Å². The van der Waals surface area contributed by atoms with Crippen LogP contribution in [0.5, 0.6) is 0 Å². The highest BCUT2D eigenvalue weighted by atomic mass is 16.3. The molecule has 3 aliphatic rings. The van der Waals surface area contributed by atoms with Crippen LogP contribution in [0.4, 0.5) is 11.6 Å². The van der Waals surface area contributed by atoms with Gasteiger partial charge in [0.2, 0.25) is 0 Å². The summed E-state index contributed by atoms with van der Waals surface area (Å²) in [5, 5.41) is 23.7. The molecule has 3 N–H and O–H groups in total. The van der Waals surface area contributed by atoms with Crippen LogP contribution >= 0.6 is 0 Å². The fraction of sp³-hybridized carbons (Fsp3) is 0.692. The molecule has 35 heavy (non-hydrogen) atoms. The molecule has 0 bridgehead atoms. The van der Waals surface area contributed by atoms with Crippen molar-refractivity contribution in [2.75, 3.05) is 69.2 Å². The van der Waals surface area contributed by atoms with Gasteiger partial charge in [-0.2, -0.15) is 0 Å². The number of Topliss-reactive ketones (excluding diaryl/α,β-unsaturated/α-hetero) is 1. The van der Waals surface area contributed by atoms with Gasteiger partial charge in [0.05, 0.1) is 5.92 Å². The van der Waals surface area contributed by atoms with Gasteiger partial charge in [0.1, 0.15) is 28.9 Å². The molecule has 0 spiro atoms. The molecule has 2 saturated heterocycles. The van der Waals surface area contributed by atoms with Gasteiger partial charge < -0.3 is 25.1 Å². The zero-order valence-corrected chi connectivity index (χ0v) is 21.4. The van der Waals surface area contributed by atoms with E-state index in [0.717, 1.165) is 89.7 Å². The monoisotopic (exact) mass is 483 g/mol. The zero-order chi connectivity index (χ0) is 24.8. The number of allylic oxidation sites excluding steroid dienone is 2. The van der Waals surface area contributed by atoms with Gasteiger partial charge in [-0.1, -0.05) is 19.8 Å². The highest BCUT2D eigenvalue weighted by Crippen LogP contribution is 2.30. The van der Waals surface area contributed by atoms with E-state index in [1.807, 2.05) is 6.92 Å². The lowest BCUT2D eigenvalue weighted by molar-refractivity contribution is -0.124. The van der Waals surface area contributed by atoms with Crippen LogP contribution in [0, 0.1) is 11.3 Å². The molecule has 1 saturated carbocycles. The second kappa shape index (κ2) is 11.9. The minimum atomic E-state index is -0.498. The van der Waals surface area contributed by atoms with Crippen molar-refractivity contribution in [3.63, 3.8) is 0 Å². The van der Waals surface area contributed by atoms with E-state index in [4.69, 9.17) is 15.4 Å². The molecule has 0 radical (unpaired) electrons. The van der Waals surface area contributed by atoms with Crippen molar-refractivity contribution in [2.24, 2.45) is 5.92 Å². The maximum atomic E-state index is 12.6. The number of ketones is 1. The molecule has 9 heteroatoms. The highest BCUT2D eigenvalue weighted by Gasteiger charge is 2.30. The topological polar surface area (TPSA) is 109 Å². The number of piperazine rings is 1. The third-order valence-corrected chi connectivity index (χ3v) is 7.41. The van der Waals surface area contributed by atoms with Crippen molar-refractivity contribution in [1.82, 2.24) is 20.2 Å². The van der Waals surface area contributed by atoms with Crippen molar-refractivity contribution in [3.8, 4) is 0 Å². The minimum absolute atomic E-state index is 0.0654. The molecule has 3 fully saturated rings. The molecule has 3 heterocycles. The molecule has 9 nitrogen and oxygen atoms in total. The van der Waals surface area contributed by atoms with Gasteiger partial charge in [0, 0.05) is 63.9 Å². The molecule has 0 aromatic carbocycles. The molecular formula is C26H41N7O2. The third kappa shape index (κ3) is 6.19. The van der Waals surface area contributed by atoms with Crippen molar-refractivity contribution in [3.05, 3.63) is 23.2 Å². The van der Waals surface area contributed by atoms with Gasteiger partial charge in [-0.25, -0.2) is 9.97 Å². The van der Waals surface area contributed by atoms with Crippen LogP contribution in [0.3, 0.4) is 0 Å². The Kier molecular flexibility index (Phi) is 8.73. The lowest BCUT2D eigenvalue weighted by Crippen LogP contribution is -2.45. The molecule has 2 aliphatic heterocycles. The smallest absolute Gasteiger partial charge is 0.181 e. The summed E-state index contributed by atoms with van der Waals surface area (Å²) in [6.07, 6.45) is 5.30. The third-order valence-electron chi connectivity index (χ3n) is 7.41. The number of aromatic nitrogens is 2. The number of nitrogens with one attached hydrogen (secondary N) is 2. The van der Waals surface area contributed by atoms with E-state index >= 15 is 0 Å². The number of hydrogen-bond acceptors (Lipinski definition) is 9. The molecule has 1 aromatic heterocycles. The normalized spacial score (nSPS) is 23.1. The van der Waals surface area contributed by atoms with Crippen LogP contribution in [0.25, 0.3) is 0 Å². The Hall–Kier alpha value is -2.52. The maximum Gasteiger partial charge on any atom is 0.181 e. The van der Waals surface area contributed by atoms with E-state index < -0.39 is 5.92 Å². The molecule has 0 unspecified atom stereocenters. The van der Waals surface area contributed by atoms with Crippen molar-refractivity contribution in [2.45, 2.75) is 51.9 Å². The SMILES string of the molecule is CCC/C(C(=N)c1nc(N2CCCNCC2)cc(N2CCN(C)CC2)n1)=C(/O)[C@H]1CCCCC1=O. The summed E-state index contributed by atoms with van der Waals surface area (Å²) in [7, 11) is 2.13. The van der Waals surface area contributed by atoms with Gasteiger partial charge in [-0.15, -0.1) is 0 Å². The van der Waals surface area contributed by atoms with E-state index in [0.29, 0.717) is 30.7 Å². The number of rotatable bonds is 7. The Bertz CT molecular complexity index is 932. The highest BCUT2D eigenvalue weighted by molar-refractivity contribution is 6.09. The van der Waals surface area contributed by atoms with Gasteiger partial charge >= 0.3 is 0 Å². The van der Waals surface area contributed by atoms with Crippen molar-refractivity contribution >= 4 is 23.1 Å². The number of aliphatic hydroxyl groups is 1. The number of anilines is 2. The van der Waals surface area contributed by atoms with Crippen LogP contribution in [-0.2, 0) is 4.79 Å². The van der Waals surface area contributed by atoms with E-state index in [1.54, 1.807) is 0 Å². The fourth-order valence-corrected chi connectivity index (χ4v) is 5.22. The largest absolute Gasteiger partial charge is 0.511 e. The Morgan fingerprint density at radius 1 is 1.06 bits per heavy atom. The maximum absolute atomic E-state index is 12.6.